The lowest BCUT2D eigenvalue weighted by atomic mass is 10.2. The van der Waals surface area contributed by atoms with Gasteiger partial charge in [0.2, 0.25) is 0 Å². The standard InChI is InChI=1S/C13H18N4O3S/c18-12(19)10-8-21-11(15-10)6-14-13(20)17-5-4-16-3-1-2-9(16)7-17/h8-9H,1-7H2,(H,14,20)(H,18,19). The summed E-state index contributed by atoms with van der Waals surface area (Å²) in [4.78, 5) is 31.2. The number of fused-ring (bicyclic) bond motifs is 1. The van der Waals surface area contributed by atoms with Crippen molar-refractivity contribution in [2.45, 2.75) is 25.4 Å². The first kappa shape index (κ1) is 14.3. The van der Waals surface area contributed by atoms with E-state index in [1.54, 1.807) is 0 Å². The van der Waals surface area contributed by atoms with Crippen LogP contribution >= 0.6 is 11.3 Å². The van der Waals surface area contributed by atoms with Gasteiger partial charge in [-0.15, -0.1) is 11.3 Å². The van der Waals surface area contributed by atoms with Crippen LogP contribution in [0.1, 0.15) is 28.3 Å². The van der Waals surface area contributed by atoms with Crippen LogP contribution in [-0.4, -0.2) is 64.1 Å². The fraction of sp³-hybridized carbons (Fsp3) is 0.615. The number of carboxylic acid groups (broad SMARTS) is 1. The van der Waals surface area contributed by atoms with Crippen molar-refractivity contribution in [1.82, 2.24) is 20.1 Å². The molecule has 0 aliphatic carbocycles. The van der Waals surface area contributed by atoms with Crippen molar-refractivity contribution < 1.29 is 14.7 Å². The summed E-state index contributed by atoms with van der Waals surface area (Å²) >= 11 is 1.25. The minimum Gasteiger partial charge on any atom is -0.476 e. The Morgan fingerprint density at radius 1 is 1.43 bits per heavy atom. The fourth-order valence-corrected chi connectivity index (χ4v) is 3.64. The maximum absolute atomic E-state index is 12.2. The third-order valence-corrected chi connectivity index (χ3v) is 4.89. The smallest absolute Gasteiger partial charge is 0.355 e. The molecule has 2 aliphatic rings. The van der Waals surface area contributed by atoms with E-state index in [4.69, 9.17) is 5.11 Å². The van der Waals surface area contributed by atoms with Gasteiger partial charge >= 0.3 is 12.0 Å². The lowest BCUT2D eigenvalue weighted by Gasteiger charge is -2.37. The van der Waals surface area contributed by atoms with Gasteiger partial charge in [-0.1, -0.05) is 0 Å². The summed E-state index contributed by atoms with van der Waals surface area (Å²) in [5, 5.41) is 13.7. The van der Waals surface area contributed by atoms with Crippen LogP contribution in [0.5, 0.6) is 0 Å². The molecule has 1 aromatic rings. The maximum atomic E-state index is 12.2. The van der Waals surface area contributed by atoms with Gasteiger partial charge in [-0.25, -0.2) is 14.6 Å². The van der Waals surface area contributed by atoms with Crippen LogP contribution in [0.3, 0.4) is 0 Å². The average Bonchev–Trinajstić information content (AvgIpc) is 3.12. The average molecular weight is 310 g/mol. The summed E-state index contributed by atoms with van der Waals surface area (Å²) in [5.41, 5.74) is 0.0313. The zero-order valence-electron chi connectivity index (χ0n) is 11.6. The molecule has 2 fully saturated rings. The summed E-state index contributed by atoms with van der Waals surface area (Å²) in [6.07, 6.45) is 2.38. The van der Waals surface area contributed by atoms with Gasteiger partial charge in [0.1, 0.15) is 5.01 Å². The number of amides is 2. The molecule has 114 valence electrons. The van der Waals surface area contributed by atoms with Crippen LogP contribution in [0.15, 0.2) is 5.38 Å². The zero-order chi connectivity index (χ0) is 14.8. The summed E-state index contributed by atoms with van der Waals surface area (Å²) in [6.45, 7) is 3.90. The van der Waals surface area contributed by atoms with Gasteiger partial charge in [-0.2, -0.15) is 0 Å². The van der Waals surface area contributed by atoms with E-state index in [9.17, 15) is 9.59 Å². The van der Waals surface area contributed by atoms with E-state index < -0.39 is 5.97 Å². The number of aromatic nitrogens is 1. The third-order valence-electron chi connectivity index (χ3n) is 4.04. The first-order valence-electron chi connectivity index (χ1n) is 7.08. The van der Waals surface area contributed by atoms with Crippen molar-refractivity contribution in [1.29, 1.82) is 0 Å². The topological polar surface area (TPSA) is 85.8 Å². The molecule has 0 radical (unpaired) electrons. The molecule has 2 amide bonds. The van der Waals surface area contributed by atoms with E-state index in [0.29, 0.717) is 11.0 Å². The van der Waals surface area contributed by atoms with Crippen molar-refractivity contribution in [3.8, 4) is 0 Å². The summed E-state index contributed by atoms with van der Waals surface area (Å²) in [7, 11) is 0. The number of aromatic carboxylic acids is 1. The monoisotopic (exact) mass is 310 g/mol. The lowest BCUT2D eigenvalue weighted by Crippen LogP contribution is -2.54. The number of rotatable bonds is 3. The molecule has 0 bridgehead atoms. The SMILES string of the molecule is O=C(O)c1csc(CNC(=O)N2CCN3CCCC3C2)n1. The molecule has 8 heteroatoms. The van der Waals surface area contributed by atoms with Crippen LogP contribution in [0.4, 0.5) is 4.79 Å². The molecule has 2 N–H and O–H groups in total. The van der Waals surface area contributed by atoms with Crippen LogP contribution < -0.4 is 5.32 Å². The summed E-state index contributed by atoms with van der Waals surface area (Å²) in [6, 6.07) is 0.414. The molecule has 1 aromatic heterocycles. The largest absolute Gasteiger partial charge is 0.476 e. The number of nitrogens with one attached hydrogen (secondary N) is 1. The van der Waals surface area contributed by atoms with Gasteiger partial charge < -0.3 is 15.3 Å². The first-order valence-corrected chi connectivity index (χ1v) is 7.96. The van der Waals surface area contributed by atoms with Crippen LogP contribution in [-0.2, 0) is 6.54 Å². The fourth-order valence-electron chi connectivity index (χ4n) is 2.93. The lowest BCUT2D eigenvalue weighted by molar-refractivity contribution is 0.0691. The van der Waals surface area contributed by atoms with Gasteiger partial charge in [0.15, 0.2) is 5.69 Å². The van der Waals surface area contributed by atoms with Gasteiger partial charge in [0, 0.05) is 31.1 Å². The van der Waals surface area contributed by atoms with Crippen molar-refractivity contribution >= 4 is 23.3 Å². The molecule has 0 aromatic carbocycles. The zero-order valence-corrected chi connectivity index (χ0v) is 12.4. The second-order valence-electron chi connectivity index (χ2n) is 5.37. The van der Waals surface area contributed by atoms with Crippen molar-refractivity contribution in [3.63, 3.8) is 0 Å². The van der Waals surface area contributed by atoms with Gasteiger partial charge in [0.25, 0.3) is 0 Å². The van der Waals surface area contributed by atoms with Crippen molar-refractivity contribution in [3.05, 3.63) is 16.1 Å². The normalized spacial score (nSPS) is 22.1. The number of piperazine rings is 1. The van der Waals surface area contributed by atoms with E-state index in [1.807, 2.05) is 4.90 Å². The molecule has 2 saturated heterocycles. The molecule has 2 aliphatic heterocycles. The third kappa shape index (κ3) is 3.16. The highest BCUT2D eigenvalue weighted by molar-refractivity contribution is 7.09. The Kier molecular flexibility index (Phi) is 4.07. The summed E-state index contributed by atoms with van der Waals surface area (Å²) in [5.74, 6) is -1.04. The molecular formula is C13H18N4O3S. The van der Waals surface area contributed by atoms with Gasteiger partial charge in [0.05, 0.1) is 6.54 Å². The minimum atomic E-state index is -1.04. The molecule has 3 rings (SSSR count). The number of hydrogen-bond donors (Lipinski definition) is 2. The predicted octanol–water partition coefficient (Wildman–Crippen LogP) is 0.831. The Hall–Kier alpha value is -1.67. The number of urea groups is 1. The van der Waals surface area contributed by atoms with E-state index in [0.717, 1.165) is 32.6 Å². The highest BCUT2D eigenvalue weighted by Crippen LogP contribution is 2.21. The van der Waals surface area contributed by atoms with Gasteiger partial charge in [-0.3, -0.25) is 4.90 Å². The second kappa shape index (κ2) is 5.98. The molecule has 0 saturated carbocycles. The van der Waals surface area contributed by atoms with Crippen molar-refractivity contribution in [2.75, 3.05) is 26.2 Å². The van der Waals surface area contributed by atoms with Crippen molar-refractivity contribution in [2.24, 2.45) is 0 Å². The molecular weight excluding hydrogens is 292 g/mol. The highest BCUT2D eigenvalue weighted by Gasteiger charge is 2.32. The van der Waals surface area contributed by atoms with E-state index in [1.165, 1.54) is 23.1 Å². The van der Waals surface area contributed by atoms with Crippen LogP contribution in [0.25, 0.3) is 0 Å². The van der Waals surface area contributed by atoms with E-state index in [2.05, 4.69) is 15.2 Å². The van der Waals surface area contributed by atoms with E-state index in [-0.39, 0.29) is 18.3 Å². The number of carboxylic acids is 1. The van der Waals surface area contributed by atoms with Crippen LogP contribution in [0, 0.1) is 0 Å². The predicted molar refractivity (Wildman–Crippen MR) is 77.5 cm³/mol. The van der Waals surface area contributed by atoms with Gasteiger partial charge in [-0.05, 0) is 19.4 Å². The molecule has 1 atom stereocenters. The number of carbonyl (C=O) groups excluding carboxylic acids is 1. The number of nitrogens with zero attached hydrogens (tertiary/aromatic N) is 3. The molecule has 0 spiro atoms. The Morgan fingerprint density at radius 3 is 3.05 bits per heavy atom. The first-order chi connectivity index (χ1) is 10.1. The number of carbonyl (C=O) groups is 2. The Morgan fingerprint density at radius 2 is 2.29 bits per heavy atom. The molecule has 3 heterocycles. The minimum absolute atomic E-state index is 0.0313. The number of thiazole rings is 1. The molecule has 1 unspecified atom stereocenters. The Balaban J connectivity index is 1.50. The Bertz CT molecular complexity index is 547. The Labute approximate surface area is 126 Å². The number of hydrogen-bond acceptors (Lipinski definition) is 5. The summed E-state index contributed by atoms with van der Waals surface area (Å²) < 4.78 is 0. The maximum Gasteiger partial charge on any atom is 0.355 e. The van der Waals surface area contributed by atoms with E-state index >= 15 is 0 Å². The quantitative estimate of drug-likeness (QED) is 0.864. The molecule has 7 nitrogen and oxygen atoms in total. The molecule has 21 heavy (non-hydrogen) atoms. The highest BCUT2D eigenvalue weighted by atomic mass is 32.1. The van der Waals surface area contributed by atoms with Crippen LogP contribution in [0.2, 0.25) is 0 Å². The second-order valence-corrected chi connectivity index (χ2v) is 6.31.